The Labute approximate surface area is 137 Å². The summed E-state index contributed by atoms with van der Waals surface area (Å²) in [5.74, 6) is 0. The number of nitrogens with zero attached hydrogens (tertiary/aromatic N) is 4. The maximum absolute atomic E-state index is 10.8. The van der Waals surface area contributed by atoms with Crippen LogP contribution in [0.5, 0.6) is 0 Å². The van der Waals surface area contributed by atoms with Crippen LogP contribution in [0, 0.1) is 40.5 Å². The van der Waals surface area contributed by atoms with E-state index in [0.717, 1.165) is 36.4 Å². The molecule has 0 radical (unpaired) electrons. The van der Waals surface area contributed by atoms with Gasteiger partial charge in [0.1, 0.15) is 0 Å². The molecule has 0 heterocycles. The predicted octanol–water partition coefficient (Wildman–Crippen LogP) is 3.06. The zero-order valence-corrected chi connectivity index (χ0v) is 12.0. The van der Waals surface area contributed by atoms with Crippen LogP contribution in [-0.2, 0) is 0 Å². The zero-order chi connectivity index (χ0) is 18.7. The van der Waals surface area contributed by atoms with Gasteiger partial charge < -0.3 is 5.32 Å². The fraction of sp³-hybridized carbons (Fsp3) is 0. The SMILES string of the molecule is O=[N+]([O-])c1cc(Nc2cc([N+](=O)[O-])cc([N+](=O)[O-])c2)cc([N+](=O)[O-])c1. The molecule has 0 unspecified atom stereocenters. The molecule has 128 valence electrons. The van der Waals surface area contributed by atoms with Crippen LogP contribution < -0.4 is 5.32 Å². The average Bonchev–Trinajstić information content (AvgIpc) is 2.53. The van der Waals surface area contributed by atoms with Crippen molar-refractivity contribution in [2.24, 2.45) is 0 Å². The molecule has 13 heteroatoms. The Hall–Kier alpha value is -4.16. The van der Waals surface area contributed by atoms with Crippen LogP contribution in [0.3, 0.4) is 0 Å². The fourth-order valence-corrected chi connectivity index (χ4v) is 1.92. The van der Waals surface area contributed by atoms with Gasteiger partial charge in [-0.2, -0.15) is 0 Å². The molecule has 0 saturated heterocycles. The van der Waals surface area contributed by atoms with Gasteiger partial charge in [0.25, 0.3) is 22.7 Å². The Morgan fingerprint density at radius 2 is 0.760 bits per heavy atom. The van der Waals surface area contributed by atoms with Crippen molar-refractivity contribution in [3.05, 3.63) is 76.9 Å². The van der Waals surface area contributed by atoms with E-state index >= 15 is 0 Å². The lowest BCUT2D eigenvalue weighted by atomic mass is 10.2. The fourth-order valence-electron chi connectivity index (χ4n) is 1.92. The molecule has 0 aromatic heterocycles. The van der Waals surface area contributed by atoms with Crippen LogP contribution in [0.25, 0.3) is 0 Å². The highest BCUT2D eigenvalue weighted by Crippen LogP contribution is 2.31. The molecular formula is C12H7N5O8. The van der Waals surface area contributed by atoms with Crippen LogP contribution >= 0.6 is 0 Å². The van der Waals surface area contributed by atoms with Gasteiger partial charge in [0.15, 0.2) is 0 Å². The molecule has 0 atom stereocenters. The minimum atomic E-state index is -0.853. The van der Waals surface area contributed by atoms with Crippen molar-refractivity contribution in [2.45, 2.75) is 0 Å². The Kier molecular flexibility index (Phi) is 4.49. The molecule has 0 fully saturated rings. The van der Waals surface area contributed by atoms with Crippen LogP contribution in [0.2, 0.25) is 0 Å². The number of nitro benzene ring substituents is 4. The second-order valence-corrected chi connectivity index (χ2v) is 4.63. The summed E-state index contributed by atoms with van der Waals surface area (Å²) in [4.78, 5) is 40.0. The summed E-state index contributed by atoms with van der Waals surface area (Å²) in [5, 5.41) is 45.8. The van der Waals surface area contributed by atoms with E-state index in [1.807, 2.05) is 0 Å². The molecule has 25 heavy (non-hydrogen) atoms. The van der Waals surface area contributed by atoms with Gasteiger partial charge in [-0.05, 0) is 0 Å². The highest BCUT2D eigenvalue weighted by atomic mass is 16.6. The molecule has 0 spiro atoms. The molecule has 0 saturated carbocycles. The summed E-state index contributed by atoms with van der Waals surface area (Å²) in [6.07, 6.45) is 0. The van der Waals surface area contributed by atoms with E-state index in [2.05, 4.69) is 5.32 Å². The highest BCUT2D eigenvalue weighted by Gasteiger charge is 2.19. The molecule has 0 aliphatic rings. The molecule has 2 rings (SSSR count). The summed E-state index contributed by atoms with van der Waals surface area (Å²) in [5.41, 5.74) is -2.60. The van der Waals surface area contributed by atoms with Crippen molar-refractivity contribution in [1.82, 2.24) is 0 Å². The predicted molar refractivity (Wildman–Crippen MR) is 82.8 cm³/mol. The van der Waals surface area contributed by atoms with E-state index in [9.17, 15) is 40.5 Å². The van der Waals surface area contributed by atoms with Crippen molar-refractivity contribution in [3.8, 4) is 0 Å². The van der Waals surface area contributed by atoms with E-state index < -0.39 is 42.4 Å². The second-order valence-electron chi connectivity index (χ2n) is 4.63. The van der Waals surface area contributed by atoms with Gasteiger partial charge >= 0.3 is 0 Å². The van der Waals surface area contributed by atoms with Crippen molar-refractivity contribution in [2.75, 3.05) is 5.32 Å². The Morgan fingerprint density at radius 3 is 0.960 bits per heavy atom. The van der Waals surface area contributed by atoms with E-state index in [4.69, 9.17) is 0 Å². The van der Waals surface area contributed by atoms with Crippen LogP contribution in [0.1, 0.15) is 0 Å². The van der Waals surface area contributed by atoms with E-state index in [0.29, 0.717) is 0 Å². The third kappa shape index (κ3) is 3.98. The van der Waals surface area contributed by atoms with Gasteiger partial charge in [0, 0.05) is 24.3 Å². The number of nitrogens with one attached hydrogen (secondary N) is 1. The second kappa shape index (κ2) is 6.53. The minimum Gasteiger partial charge on any atom is -0.355 e. The van der Waals surface area contributed by atoms with E-state index in [-0.39, 0.29) is 11.4 Å². The van der Waals surface area contributed by atoms with Gasteiger partial charge in [-0.15, -0.1) is 0 Å². The topological polar surface area (TPSA) is 185 Å². The smallest absolute Gasteiger partial charge is 0.278 e. The third-order valence-corrected chi connectivity index (χ3v) is 2.94. The van der Waals surface area contributed by atoms with E-state index in [1.165, 1.54) is 0 Å². The summed E-state index contributed by atoms with van der Waals surface area (Å²) >= 11 is 0. The first-order chi connectivity index (χ1) is 11.7. The quantitative estimate of drug-likeness (QED) is 0.604. The van der Waals surface area contributed by atoms with Gasteiger partial charge in [-0.25, -0.2) is 0 Å². The summed E-state index contributed by atoms with van der Waals surface area (Å²) in [6, 6.07) is 5.30. The van der Waals surface area contributed by atoms with Gasteiger partial charge in [-0.1, -0.05) is 0 Å². The number of benzene rings is 2. The first-order valence-electron chi connectivity index (χ1n) is 6.32. The largest absolute Gasteiger partial charge is 0.355 e. The first kappa shape index (κ1) is 17.2. The third-order valence-electron chi connectivity index (χ3n) is 2.94. The van der Waals surface area contributed by atoms with Gasteiger partial charge in [0.2, 0.25) is 0 Å². The lowest BCUT2D eigenvalue weighted by Crippen LogP contribution is -1.99. The molecule has 0 bridgehead atoms. The summed E-state index contributed by atoms with van der Waals surface area (Å²) in [6.45, 7) is 0. The molecule has 0 amide bonds. The molecule has 13 nitrogen and oxygen atoms in total. The summed E-state index contributed by atoms with van der Waals surface area (Å²) < 4.78 is 0. The normalized spacial score (nSPS) is 10.1. The number of nitro groups is 4. The molecule has 0 aliphatic carbocycles. The van der Waals surface area contributed by atoms with Crippen LogP contribution in [0.4, 0.5) is 34.1 Å². The van der Waals surface area contributed by atoms with Crippen molar-refractivity contribution < 1.29 is 19.7 Å². The standard InChI is InChI=1S/C12H7N5O8/c18-14(19)9-1-7(2-10(5-9)15(20)21)13-8-3-11(16(22)23)6-12(4-8)17(24)25/h1-6,13H. The number of rotatable bonds is 6. The van der Waals surface area contributed by atoms with Gasteiger partial charge in [0.05, 0.1) is 43.2 Å². The lowest BCUT2D eigenvalue weighted by Gasteiger charge is -2.06. The number of anilines is 2. The number of hydrogen-bond acceptors (Lipinski definition) is 9. The molecule has 2 aromatic rings. The zero-order valence-electron chi connectivity index (χ0n) is 12.0. The molecule has 1 N–H and O–H groups in total. The maximum atomic E-state index is 10.8. The maximum Gasteiger partial charge on any atom is 0.278 e. The monoisotopic (exact) mass is 349 g/mol. The minimum absolute atomic E-state index is 0.129. The molecule has 2 aromatic carbocycles. The first-order valence-corrected chi connectivity index (χ1v) is 6.32. The number of non-ortho nitro benzene ring substituents is 4. The van der Waals surface area contributed by atoms with Gasteiger partial charge in [-0.3, -0.25) is 40.5 Å². The van der Waals surface area contributed by atoms with Crippen LogP contribution in [0.15, 0.2) is 36.4 Å². The summed E-state index contributed by atoms with van der Waals surface area (Å²) in [7, 11) is 0. The Bertz CT molecular complexity index is 774. The van der Waals surface area contributed by atoms with Crippen molar-refractivity contribution in [1.29, 1.82) is 0 Å². The average molecular weight is 349 g/mol. The Morgan fingerprint density at radius 1 is 0.520 bits per heavy atom. The van der Waals surface area contributed by atoms with Crippen LogP contribution in [-0.4, -0.2) is 19.7 Å². The lowest BCUT2D eigenvalue weighted by molar-refractivity contribution is -0.394. The van der Waals surface area contributed by atoms with Crippen molar-refractivity contribution >= 4 is 34.1 Å². The highest BCUT2D eigenvalue weighted by molar-refractivity contribution is 5.69. The van der Waals surface area contributed by atoms with Crippen molar-refractivity contribution in [3.63, 3.8) is 0 Å². The van der Waals surface area contributed by atoms with E-state index in [1.54, 1.807) is 0 Å². The Balaban J connectivity index is 2.51. The number of hydrogen-bond donors (Lipinski definition) is 1. The molecular weight excluding hydrogens is 342 g/mol. The molecule has 0 aliphatic heterocycles.